The quantitative estimate of drug-likeness (QED) is 0.522. The van der Waals surface area contributed by atoms with Crippen LogP contribution in [0.15, 0.2) is 0 Å². The van der Waals surface area contributed by atoms with Crippen molar-refractivity contribution in [2.75, 3.05) is 26.9 Å². The van der Waals surface area contributed by atoms with Crippen molar-refractivity contribution in [1.29, 1.82) is 0 Å². The normalized spacial score (nSPS) is 10.2. The van der Waals surface area contributed by atoms with Crippen molar-refractivity contribution >= 4 is 5.78 Å². The third kappa shape index (κ3) is 7.69. The Bertz CT molecular complexity index is 100. The standard InChI is InChI=1S/C9H18O3/c1-3-12-8-6-9(10)5-4-7-11-2/h3-8H2,1-2H3. The summed E-state index contributed by atoms with van der Waals surface area (Å²) in [4.78, 5) is 11.1. The molecule has 0 radical (unpaired) electrons. The maximum atomic E-state index is 11.1. The van der Waals surface area contributed by atoms with Crippen molar-refractivity contribution in [3.8, 4) is 0 Å². The molecule has 12 heavy (non-hydrogen) atoms. The van der Waals surface area contributed by atoms with E-state index in [4.69, 9.17) is 9.47 Å². The SMILES string of the molecule is CCOCCC(=O)CCCOC. The summed E-state index contributed by atoms with van der Waals surface area (Å²) in [5.74, 6) is 0.264. The molecule has 0 aromatic rings. The van der Waals surface area contributed by atoms with E-state index < -0.39 is 0 Å². The summed E-state index contributed by atoms with van der Waals surface area (Å²) in [5.41, 5.74) is 0. The largest absolute Gasteiger partial charge is 0.385 e. The van der Waals surface area contributed by atoms with Crippen molar-refractivity contribution < 1.29 is 14.3 Å². The number of methoxy groups -OCH3 is 1. The number of rotatable bonds is 8. The van der Waals surface area contributed by atoms with Gasteiger partial charge in [0.25, 0.3) is 0 Å². The van der Waals surface area contributed by atoms with Gasteiger partial charge >= 0.3 is 0 Å². The lowest BCUT2D eigenvalue weighted by Gasteiger charge is -2.00. The van der Waals surface area contributed by atoms with Crippen LogP contribution >= 0.6 is 0 Å². The number of ketones is 1. The molecular formula is C9H18O3. The molecular weight excluding hydrogens is 156 g/mol. The molecule has 0 spiro atoms. The molecule has 0 fully saturated rings. The summed E-state index contributed by atoms with van der Waals surface area (Å²) >= 11 is 0. The van der Waals surface area contributed by atoms with E-state index in [-0.39, 0.29) is 5.78 Å². The smallest absolute Gasteiger partial charge is 0.135 e. The van der Waals surface area contributed by atoms with Gasteiger partial charge in [0.15, 0.2) is 0 Å². The lowest BCUT2D eigenvalue weighted by atomic mass is 10.2. The van der Waals surface area contributed by atoms with Crippen LogP contribution in [0.2, 0.25) is 0 Å². The van der Waals surface area contributed by atoms with Crippen LogP contribution in [0.4, 0.5) is 0 Å². The summed E-state index contributed by atoms with van der Waals surface area (Å²) in [7, 11) is 1.64. The molecule has 0 saturated heterocycles. The van der Waals surface area contributed by atoms with Gasteiger partial charge in [0.2, 0.25) is 0 Å². The minimum absolute atomic E-state index is 0.264. The molecule has 0 aliphatic carbocycles. The average molecular weight is 174 g/mol. The molecule has 72 valence electrons. The van der Waals surface area contributed by atoms with E-state index in [1.54, 1.807) is 7.11 Å². The number of carbonyl (C=O) groups excluding carboxylic acids is 1. The summed E-state index contributed by atoms with van der Waals surface area (Å²) in [6.45, 7) is 3.84. The van der Waals surface area contributed by atoms with E-state index in [0.717, 1.165) is 6.42 Å². The fourth-order valence-electron chi connectivity index (χ4n) is 0.869. The molecule has 0 amide bonds. The fourth-order valence-corrected chi connectivity index (χ4v) is 0.869. The molecule has 0 unspecified atom stereocenters. The van der Waals surface area contributed by atoms with Gasteiger partial charge in [-0.1, -0.05) is 0 Å². The Kier molecular flexibility index (Phi) is 8.39. The van der Waals surface area contributed by atoms with Gasteiger partial charge < -0.3 is 9.47 Å². The van der Waals surface area contributed by atoms with Crippen molar-refractivity contribution in [2.24, 2.45) is 0 Å². The first kappa shape index (κ1) is 11.6. The summed E-state index contributed by atoms with van der Waals surface area (Å²) in [5, 5.41) is 0. The highest BCUT2D eigenvalue weighted by Gasteiger charge is 2.00. The number of ether oxygens (including phenoxy) is 2. The maximum absolute atomic E-state index is 11.1. The minimum Gasteiger partial charge on any atom is -0.385 e. The zero-order valence-corrected chi connectivity index (χ0v) is 7.97. The van der Waals surface area contributed by atoms with E-state index in [0.29, 0.717) is 32.7 Å². The molecule has 0 saturated carbocycles. The summed E-state index contributed by atoms with van der Waals surface area (Å²) in [6.07, 6.45) is 1.97. The van der Waals surface area contributed by atoms with Crippen molar-refractivity contribution in [3.05, 3.63) is 0 Å². The zero-order valence-electron chi connectivity index (χ0n) is 7.97. The monoisotopic (exact) mass is 174 g/mol. The lowest BCUT2D eigenvalue weighted by molar-refractivity contribution is -0.120. The van der Waals surface area contributed by atoms with Crippen LogP contribution in [-0.4, -0.2) is 32.7 Å². The molecule has 0 aromatic heterocycles. The van der Waals surface area contributed by atoms with Crippen molar-refractivity contribution in [2.45, 2.75) is 26.2 Å². The van der Waals surface area contributed by atoms with Crippen LogP contribution in [-0.2, 0) is 14.3 Å². The first-order chi connectivity index (χ1) is 5.81. The Morgan fingerprint density at radius 3 is 2.58 bits per heavy atom. The second-order valence-corrected chi connectivity index (χ2v) is 2.58. The van der Waals surface area contributed by atoms with Gasteiger partial charge in [0.05, 0.1) is 6.61 Å². The molecule has 0 aliphatic rings. The lowest BCUT2D eigenvalue weighted by Crippen LogP contribution is -2.05. The van der Waals surface area contributed by atoms with Crippen molar-refractivity contribution in [1.82, 2.24) is 0 Å². The van der Waals surface area contributed by atoms with Crippen LogP contribution in [0.3, 0.4) is 0 Å². The van der Waals surface area contributed by atoms with E-state index >= 15 is 0 Å². The van der Waals surface area contributed by atoms with Gasteiger partial charge in [-0.2, -0.15) is 0 Å². The third-order valence-electron chi connectivity index (χ3n) is 1.53. The molecule has 3 heteroatoms. The Hall–Kier alpha value is -0.410. The van der Waals surface area contributed by atoms with Crippen LogP contribution in [0.25, 0.3) is 0 Å². The Labute approximate surface area is 74.0 Å². The average Bonchev–Trinajstić information content (AvgIpc) is 2.06. The maximum Gasteiger partial charge on any atom is 0.135 e. The molecule has 0 aromatic carbocycles. The topological polar surface area (TPSA) is 35.5 Å². The second kappa shape index (κ2) is 8.68. The van der Waals surface area contributed by atoms with Crippen LogP contribution < -0.4 is 0 Å². The minimum atomic E-state index is 0.264. The highest BCUT2D eigenvalue weighted by molar-refractivity contribution is 5.78. The molecule has 0 bridgehead atoms. The molecule has 0 rings (SSSR count). The van der Waals surface area contributed by atoms with Gasteiger partial charge in [-0.25, -0.2) is 0 Å². The van der Waals surface area contributed by atoms with Gasteiger partial charge in [-0.05, 0) is 13.3 Å². The van der Waals surface area contributed by atoms with Crippen LogP contribution in [0.5, 0.6) is 0 Å². The van der Waals surface area contributed by atoms with Gasteiger partial charge in [0, 0.05) is 33.2 Å². The predicted molar refractivity (Wildman–Crippen MR) is 47.2 cm³/mol. The second-order valence-electron chi connectivity index (χ2n) is 2.58. The Morgan fingerprint density at radius 2 is 2.00 bits per heavy atom. The van der Waals surface area contributed by atoms with Gasteiger partial charge in [-0.3, -0.25) is 4.79 Å². The number of Topliss-reactive ketones (excluding diaryl/α,β-unsaturated/α-hetero) is 1. The molecule has 3 nitrogen and oxygen atoms in total. The zero-order chi connectivity index (χ0) is 9.23. The first-order valence-electron chi connectivity index (χ1n) is 4.39. The Balaban J connectivity index is 3.10. The van der Waals surface area contributed by atoms with Gasteiger partial charge in [0.1, 0.15) is 5.78 Å². The van der Waals surface area contributed by atoms with E-state index in [9.17, 15) is 4.79 Å². The number of hydrogen-bond acceptors (Lipinski definition) is 3. The van der Waals surface area contributed by atoms with Crippen LogP contribution in [0.1, 0.15) is 26.2 Å². The number of carbonyl (C=O) groups is 1. The summed E-state index contributed by atoms with van der Waals surface area (Å²) < 4.78 is 9.89. The third-order valence-corrected chi connectivity index (χ3v) is 1.53. The fraction of sp³-hybridized carbons (Fsp3) is 0.889. The van der Waals surface area contributed by atoms with Gasteiger partial charge in [-0.15, -0.1) is 0 Å². The van der Waals surface area contributed by atoms with E-state index in [1.165, 1.54) is 0 Å². The van der Waals surface area contributed by atoms with E-state index in [2.05, 4.69) is 0 Å². The molecule has 0 aliphatic heterocycles. The first-order valence-corrected chi connectivity index (χ1v) is 4.39. The van der Waals surface area contributed by atoms with Crippen LogP contribution in [0, 0.1) is 0 Å². The highest BCUT2D eigenvalue weighted by atomic mass is 16.5. The highest BCUT2D eigenvalue weighted by Crippen LogP contribution is 1.95. The Morgan fingerprint density at radius 1 is 1.25 bits per heavy atom. The number of hydrogen-bond donors (Lipinski definition) is 0. The molecule has 0 heterocycles. The predicted octanol–water partition coefficient (Wildman–Crippen LogP) is 1.41. The van der Waals surface area contributed by atoms with E-state index in [1.807, 2.05) is 6.92 Å². The van der Waals surface area contributed by atoms with Crippen molar-refractivity contribution in [3.63, 3.8) is 0 Å². The molecule has 0 N–H and O–H groups in total. The molecule has 0 atom stereocenters. The summed E-state index contributed by atoms with van der Waals surface area (Å²) in [6, 6.07) is 0.